The van der Waals surface area contributed by atoms with E-state index in [4.69, 9.17) is 5.11 Å². The van der Waals surface area contributed by atoms with E-state index in [0.29, 0.717) is 26.2 Å². The lowest BCUT2D eigenvalue weighted by molar-refractivity contribution is -0.571. The summed E-state index contributed by atoms with van der Waals surface area (Å²) in [5.41, 5.74) is 0.886. The van der Waals surface area contributed by atoms with Crippen LogP contribution in [0.25, 0.3) is 0 Å². The monoisotopic (exact) mass is 397 g/mol. The van der Waals surface area contributed by atoms with Crippen molar-refractivity contribution in [3.63, 3.8) is 0 Å². The lowest BCUT2D eigenvalue weighted by Crippen LogP contribution is -2.53. The first-order valence-corrected chi connectivity index (χ1v) is 9.86. The third-order valence-corrected chi connectivity index (χ3v) is 5.46. The molecule has 0 saturated carbocycles. The smallest absolute Gasteiger partial charge is 0.303 e. The summed E-state index contributed by atoms with van der Waals surface area (Å²) >= 11 is 0. The molecule has 1 fully saturated rings. The zero-order chi connectivity index (χ0) is 20.7. The minimum atomic E-state index is -1.31. The number of benzene rings is 2. The lowest BCUT2D eigenvalue weighted by atomic mass is 9.92. The zero-order valence-electron chi connectivity index (χ0n) is 16.4. The molecule has 1 heterocycles. The van der Waals surface area contributed by atoms with Gasteiger partial charge < -0.3 is 5.11 Å². The van der Waals surface area contributed by atoms with Gasteiger partial charge in [-0.05, 0) is 11.1 Å². The first kappa shape index (κ1) is 21.0. The fourth-order valence-electron chi connectivity index (χ4n) is 3.98. The van der Waals surface area contributed by atoms with Crippen LogP contribution in [0.2, 0.25) is 0 Å². The van der Waals surface area contributed by atoms with Crippen molar-refractivity contribution in [1.82, 2.24) is 9.80 Å². The number of carboxylic acids is 1. The van der Waals surface area contributed by atoms with E-state index in [0.717, 1.165) is 11.1 Å². The number of hydrogen-bond donors (Lipinski definition) is 1. The van der Waals surface area contributed by atoms with E-state index in [9.17, 15) is 14.9 Å². The second-order valence-electron chi connectivity index (χ2n) is 7.77. The van der Waals surface area contributed by atoms with Crippen molar-refractivity contribution < 1.29 is 14.8 Å². The number of nitrogens with zero attached hydrogens (tertiary/aromatic N) is 3. The summed E-state index contributed by atoms with van der Waals surface area (Å²) in [5.74, 6) is -1.00. The quantitative estimate of drug-likeness (QED) is 0.544. The van der Waals surface area contributed by atoms with Crippen molar-refractivity contribution in [3.8, 4) is 0 Å². The van der Waals surface area contributed by atoms with Gasteiger partial charge in [-0.25, -0.2) is 0 Å². The van der Waals surface area contributed by atoms with Crippen LogP contribution in [0.1, 0.15) is 24.0 Å². The summed E-state index contributed by atoms with van der Waals surface area (Å²) in [4.78, 5) is 27.3. The second-order valence-corrected chi connectivity index (χ2v) is 7.77. The maximum Gasteiger partial charge on any atom is 0.303 e. The first-order valence-electron chi connectivity index (χ1n) is 9.86. The predicted octanol–water partition coefficient (Wildman–Crippen LogP) is 2.88. The van der Waals surface area contributed by atoms with Crippen LogP contribution in [0.3, 0.4) is 0 Å². The van der Waals surface area contributed by atoms with Gasteiger partial charge in [0.1, 0.15) is 0 Å². The third-order valence-electron chi connectivity index (χ3n) is 5.46. The van der Waals surface area contributed by atoms with Gasteiger partial charge in [0.25, 0.3) is 0 Å². The molecule has 1 aliphatic rings. The molecule has 2 aromatic rings. The highest BCUT2D eigenvalue weighted by Crippen LogP contribution is 2.26. The van der Waals surface area contributed by atoms with Crippen LogP contribution in [0.5, 0.6) is 0 Å². The average Bonchev–Trinajstić information content (AvgIpc) is 2.88. The molecule has 0 aromatic heterocycles. The average molecular weight is 397 g/mol. The molecule has 29 heavy (non-hydrogen) atoms. The molecule has 3 rings (SSSR count). The number of aliphatic carboxylic acids is 1. The van der Waals surface area contributed by atoms with Gasteiger partial charge in [-0.3, -0.25) is 24.7 Å². The highest BCUT2D eigenvalue weighted by Gasteiger charge is 2.47. The Morgan fingerprint density at radius 3 is 1.76 bits per heavy atom. The van der Waals surface area contributed by atoms with Crippen LogP contribution in [0.4, 0.5) is 0 Å². The summed E-state index contributed by atoms with van der Waals surface area (Å²) in [5, 5.41) is 21.4. The van der Waals surface area contributed by atoms with Gasteiger partial charge in [0, 0.05) is 37.5 Å². The first-order chi connectivity index (χ1) is 14.0. The van der Waals surface area contributed by atoms with Gasteiger partial charge >= 0.3 is 5.97 Å². The van der Waals surface area contributed by atoms with Crippen molar-refractivity contribution in [2.75, 3.05) is 26.2 Å². The molecule has 154 valence electrons. The third kappa shape index (κ3) is 5.85. The Bertz CT molecular complexity index is 762. The van der Waals surface area contributed by atoms with E-state index >= 15 is 0 Å². The number of nitro groups is 1. The SMILES string of the molecule is O=C(O)CCC1([N+](=O)[O-])CN(Cc2ccccc2)CCN(Cc2ccccc2)C1. The van der Waals surface area contributed by atoms with Crippen molar-refractivity contribution in [1.29, 1.82) is 0 Å². The van der Waals surface area contributed by atoms with Crippen LogP contribution in [0, 0.1) is 10.1 Å². The van der Waals surface area contributed by atoms with Crippen LogP contribution < -0.4 is 0 Å². The van der Waals surface area contributed by atoms with Crippen LogP contribution in [-0.4, -0.2) is 57.5 Å². The van der Waals surface area contributed by atoms with E-state index < -0.39 is 11.5 Å². The van der Waals surface area contributed by atoms with E-state index in [-0.39, 0.29) is 30.9 Å². The maximum atomic E-state index is 12.2. The molecule has 0 atom stereocenters. The van der Waals surface area contributed by atoms with Crippen molar-refractivity contribution >= 4 is 5.97 Å². The fourth-order valence-corrected chi connectivity index (χ4v) is 3.98. The summed E-state index contributed by atoms with van der Waals surface area (Å²) in [6, 6.07) is 19.8. The molecular formula is C22H27N3O4. The van der Waals surface area contributed by atoms with Crippen LogP contribution >= 0.6 is 0 Å². The fraction of sp³-hybridized carbons (Fsp3) is 0.409. The molecule has 0 unspecified atom stereocenters. The molecule has 7 nitrogen and oxygen atoms in total. The Morgan fingerprint density at radius 1 is 0.931 bits per heavy atom. The maximum absolute atomic E-state index is 12.2. The molecule has 7 heteroatoms. The van der Waals surface area contributed by atoms with Gasteiger partial charge in [-0.15, -0.1) is 0 Å². The normalized spacial score (nSPS) is 17.5. The Hall–Kier alpha value is -2.77. The number of carboxylic acid groups (broad SMARTS) is 1. The van der Waals surface area contributed by atoms with Crippen LogP contribution in [-0.2, 0) is 17.9 Å². The van der Waals surface area contributed by atoms with Gasteiger partial charge in [0.2, 0.25) is 5.54 Å². The van der Waals surface area contributed by atoms with Crippen molar-refractivity contribution in [2.24, 2.45) is 0 Å². The largest absolute Gasteiger partial charge is 0.481 e. The molecular weight excluding hydrogens is 370 g/mol. The Kier molecular flexibility index (Phi) is 6.95. The highest BCUT2D eigenvalue weighted by atomic mass is 16.6. The lowest BCUT2D eigenvalue weighted by Gasteiger charge is -2.30. The van der Waals surface area contributed by atoms with Crippen molar-refractivity contribution in [3.05, 3.63) is 81.9 Å². The Morgan fingerprint density at radius 2 is 1.38 bits per heavy atom. The van der Waals surface area contributed by atoms with Crippen molar-refractivity contribution in [2.45, 2.75) is 31.5 Å². The molecule has 0 radical (unpaired) electrons. The van der Waals surface area contributed by atoms with Crippen LogP contribution in [0.15, 0.2) is 60.7 Å². The molecule has 0 bridgehead atoms. The Balaban J connectivity index is 1.83. The van der Waals surface area contributed by atoms with Gasteiger partial charge in [-0.2, -0.15) is 0 Å². The molecule has 1 saturated heterocycles. The van der Waals surface area contributed by atoms with E-state index in [2.05, 4.69) is 9.80 Å². The minimum Gasteiger partial charge on any atom is -0.481 e. The zero-order valence-corrected chi connectivity index (χ0v) is 16.4. The molecule has 0 aliphatic carbocycles. The minimum absolute atomic E-state index is 0.0198. The standard InChI is InChI=1S/C22H27N3O4/c26-21(27)11-12-22(25(28)29)17-23(15-19-7-3-1-4-8-19)13-14-24(18-22)16-20-9-5-2-6-10-20/h1-10H,11-18H2,(H,26,27). The summed E-state index contributed by atoms with van der Waals surface area (Å²) < 4.78 is 0. The second kappa shape index (κ2) is 9.62. The molecule has 2 aromatic carbocycles. The predicted molar refractivity (Wildman–Crippen MR) is 110 cm³/mol. The highest BCUT2D eigenvalue weighted by molar-refractivity contribution is 5.66. The van der Waals surface area contributed by atoms with Gasteiger partial charge in [0.05, 0.1) is 19.5 Å². The number of carbonyl (C=O) groups is 1. The van der Waals surface area contributed by atoms with E-state index in [1.165, 1.54) is 0 Å². The molecule has 1 N–H and O–H groups in total. The summed E-state index contributed by atoms with van der Waals surface area (Å²) in [7, 11) is 0. The number of rotatable bonds is 8. The molecule has 0 amide bonds. The summed E-state index contributed by atoms with van der Waals surface area (Å²) in [6.45, 7) is 3.11. The molecule has 0 spiro atoms. The van der Waals surface area contributed by atoms with Gasteiger partial charge in [0.15, 0.2) is 0 Å². The van der Waals surface area contributed by atoms with E-state index in [1.54, 1.807) is 0 Å². The van der Waals surface area contributed by atoms with E-state index in [1.807, 2.05) is 60.7 Å². The molecule has 1 aliphatic heterocycles. The number of hydrogen-bond acceptors (Lipinski definition) is 5. The Labute approximate surface area is 170 Å². The van der Waals surface area contributed by atoms with Gasteiger partial charge in [-0.1, -0.05) is 60.7 Å². The topological polar surface area (TPSA) is 86.9 Å². The summed E-state index contributed by atoms with van der Waals surface area (Å²) in [6.07, 6.45) is -0.189.